The lowest BCUT2D eigenvalue weighted by Gasteiger charge is -1.92. The van der Waals surface area contributed by atoms with Crippen LogP contribution in [0.4, 0.5) is 10.2 Å². The van der Waals surface area contributed by atoms with Crippen molar-refractivity contribution in [1.29, 1.82) is 0 Å². The summed E-state index contributed by atoms with van der Waals surface area (Å²) in [5, 5.41) is 0. The third-order valence-electron chi connectivity index (χ3n) is 0.827. The maximum Gasteiger partial charge on any atom is 0.218 e. The molecule has 0 radical (unpaired) electrons. The average Bonchev–Trinajstić information content (AvgIpc) is 1.59. The Morgan fingerprint density at radius 1 is 1.56 bits per heavy atom. The lowest BCUT2D eigenvalue weighted by atomic mass is 10.5. The van der Waals surface area contributed by atoms with E-state index < -0.39 is 5.95 Å². The second-order valence-electron chi connectivity index (χ2n) is 1.66. The first-order valence-electron chi connectivity index (χ1n) is 2.45. The standard InChI is InChI=1S/C5H6FN3/c1-3-8-4(6)2-5(7)9-3/h2H,1H3,(H2,7,8,9). The Balaban J connectivity index is 3.17. The van der Waals surface area contributed by atoms with Gasteiger partial charge in [0.1, 0.15) is 11.6 Å². The molecule has 9 heavy (non-hydrogen) atoms. The molecule has 0 amide bonds. The molecule has 1 aromatic rings. The van der Waals surface area contributed by atoms with Crippen LogP contribution in [0.25, 0.3) is 0 Å². The van der Waals surface area contributed by atoms with Crippen molar-refractivity contribution in [2.24, 2.45) is 0 Å². The number of hydrogen-bond donors (Lipinski definition) is 1. The molecule has 0 unspecified atom stereocenters. The van der Waals surface area contributed by atoms with E-state index in [-0.39, 0.29) is 5.82 Å². The minimum atomic E-state index is -0.583. The predicted octanol–water partition coefficient (Wildman–Crippen LogP) is 0.506. The molecule has 0 aromatic carbocycles. The number of nitrogen functional groups attached to an aromatic ring is 1. The number of aryl methyl sites for hydroxylation is 1. The van der Waals surface area contributed by atoms with Gasteiger partial charge in [0.2, 0.25) is 5.95 Å². The van der Waals surface area contributed by atoms with E-state index in [9.17, 15) is 4.39 Å². The molecule has 0 aliphatic heterocycles. The first kappa shape index (κ1) is 5.94. The summed E-state index contributed by atoms with van der Waals surface area (Å²) in [6, 6.07) is 1.08. The van der Waals surface area contributed by atoms with E-state index in [0.717, 1.165) is 6.07 Å². The fraction of sp³-hybridized carbons (Fsp3) is 0.200. The van der Waals surface area contributed by atoms with Gasteiger partial charge >= 0.3 is 0 Å². The van der Waals surface area contributed by atoms with Gasteiger partial charge in [-0.05, 0) is 6.92 Å². The normalized spacial score (nSPS) is 9.56. The molecule has 0 saturated heterocycles. The Bertz CT molecular complexity index is 173. The molecule has 3 nitrogen and oxygen atoms in total. The van der Waals surface area contributed by atoms with Gasteiger partial charge < -0.3 is 5.73 Å². The lowest BCUT2D eigenvalue weighted by Crippen LogP contribution is -1.96. The predicted molar refractivity (Wildman–Crippen MR) is 31.1 cm³/mol. The largest absolute Gasteiger partial charge is 0.383 e. The molecule has 1 rings (SSSR count). The first-order valence-corrected chi connectivity index (χ1v) is 2.45. The summed E-state index contributed by atoms with van der Waals surface area (Å²) in [6.07, 6.45) is 0. The summed E-state index contributed by atoms with van der Waals surface area (Å²) in [4.78, 5) is 7.04. The third kappa shape index (κ3) is 1.35. The number of hydrogen-bond acceptors (Lipinski definition) is 3. The molecule has 0 aliphatic rings. The van der Waals surface area contributed by atoms with Crippen LogP contribution in [-0.4, -0.2) is 9.97 Å². The second kappa shape index (κ2) is 1.97. The fourth-order valence-corrected chi connectivity index (χ4v) is 0.553. The van der Waals surface area contributed by atoms with Crippen LogP contribution in [0, 0.1) is 12.9 Å². The average molecular weight is 127 g/mol. The smallest absolute Gasteiger partial charge is 0.218 e. The van der Waals surface area contributed by atoms with Crippen molar-refractivity contribution in [3.63, 3.8) is 0 Å². The van der Waals surface area contributed by atoms with E-state index in [1.165, 1.54) is 0 Å². The molecule has 1 aromatic heterocycles. The van der Waals surface area contributed by atoms with Crippen LogP contribution < -0.4 is 5.73 Å². The Hall–Kier alpha value is -1.19. The van der Waals surface area contributed by atoms with Crippen LogP contribution in [0.15, 0.2) is 6.07 Å². The van der Waals surface area contributed by atoms with E-state index in [1.54, 1.807) is 6.92 Å². The van der Waals surface area contributed by atoms with Crippen LogP contribution in [0.5, 0.6) is 0 Å². The van der Waals surface area contributed by atoms with Crippen LogP contribution in [0.1, 0.15) is 5.82 Å². The zero-order chi connectivity index (χ0) is 6.85. The summed E-state index contributed by atoms with van der Waals surface area (Å²) in [6.45, 7) is 1.58. The Labute approximate surface area is 51.7 Å². The van der Waals surface area contributed by atoms with Crippen LogP contribution in [0.2, 0.25) is 0 Å². The Morgan fingerprint density at radius 2 is 2.22 bits per heavy atom. The molecule has 48 valence electrons. The van der Waals surface area contributed by atoms with Crippen molar-refractivity contribution in [3.05, 3.63) is 17.8 Å². The van der Waals surface area contributed by atoms with Gasteiger partial charge in [-0.2, -0.15) is 4.39 Å². The van der Waals surface area contributed by atoms with Gasteiger partial charge in [-0.15, -0.1) is 0 Å². The summed E-state index contributed by atoms with van der Waals surface area (Å²) in [7, 11) is 0. The first-order chi connectivity index (χ1) is 4.18. The van der Waals surface area contributed by atoms with Gasteiger partial charge in [0, 0.05) is 6.07 Å². The molecule has 0 spiro atoms. The number of rotatable bonds is 0. The van der Waals surface area contributed by atoms with Crippen molar-refractivity contribution >= 4 is 5.82 Å². The van der Waals surface area contributed by atoms with Gasteiger partial charge in [-0.25, -0.2) is 9.97 Å². The zero-order valence-corrected chi connectivity index (χ0v) is 4.93. The quantitative estimate of drug-likeness (QED) is 0.516. The molecule has 0 saturated carbocycles. The maximum absolute atomic E-state index is 12.2. The molecule has 0 aliphatic carbocycles. The molecule has 4 heteroatoms. The fourth-order valence-electron chi connectivity index (χ4n) is 0.553. The monoisotopic (exact) mass is 127 g/mol. The molecule has 0 fully saturated rings. The van der Waals surface area contributed by atoms with Crippen LogP contribution >= 0.6 is 0 Å². The van der Waals surface area contributed by atoms with E-state index in [2.05, 4.69) is 9.97 Å². The Kier molecular flexibility index (Phi) is 1.30. The van der Waals surface area contributed by atoms with Gasteiger partial charge in [-0.1, -0.05) is 0 Å². The van der Waals surface area contributed by atoms with Crippen LogP contribution in [0.3, 0.4) is 0 Å². The number of anilines is 1. The van der Waals surface area contributed by atoms with E-state index in [4.69, 9.17) is 5.73 Å². The highest BCUT2D eigenvalue weighted by atomic mass is 19.1. The SMILES string of the molecule is Cc1nc(N)cc(F)n1. The highest BCUT2D eigenvalue weighted by Gasteiger charge is 1.94. The number of aromatic nitrogens is 2. The topological polar surface area (TPSA) is 51.8 Å². The Morgan fingerprint density at radius 3 is 2.67 bits per heavy atom. The number of nitrogens with zero attached hydrogens (tertiary/aromatic N) is 2. The summed E-state index contributed by atoms with van der Waals surface area (Å²) >= 11 is 0. The molecule has 0 bridgehead atoms. The lowest BCUT2D eigenvalue weighted by molar-refractivity contribution is 0.575. The summed E-state index contributed by atoms with van der Waals surface area (Å²) in [5.41, 5.74) is 5.17. The number of nitrogens with two attached hydrogens (primary N) is 1. The summed E-state index contributed by atoms with van der Waals surface area (Å²) in [5.74, 6) is -0.0625. The highest BCUT2D eigenvalue weighted by Crippen LogP contribution is 1.98. The molecular formula is C5H6FN3. The summed E-state index contributed by atoms with van der Waals surface area (Å²) < 4.78 is 12.2. The van der Waals surface area contributed by atoms with Crippen molar-refractivity contribution < 1.29 is 4.39 Å². The van der Waals surface area contributed by atoms with E-state index in [0.29, 0.717) is 5.82 Å². The van der Waals surface area contributed by atoms with E-state index in [1.807, 2.05) is 0 Å². The van der Waals surface area contributed by atoms with Crippen molar-refractivity contribution in [2.75, 3.05) is 5.73 Å². The van der Waals surface area contributed by atoms with Gasteiger partial charge in [0.25, 0.3) is 0 Å². The molecule has 2 N–H and O–H groups in total. The van der Waals surface area contributed by atoms with Crippen LogP contribution in [-0.2, 0) is 0 Å². The van der Waals surface area contributed by atoms with Crippen molar-refractivity contribution in [1.82, 2.24) is 9.97 Å². The van der Waals surface area contributed by atoms with Gasteiger partial charge in [0.15, 0.2) is 0 Å². The van der Waals surface area contributed by atoms with Gasteiger partial charge in [0.05, 0.1) is 0 Å². The van der Waals surface area contributed by atoms with E-state index >= 15 is 0 Å². The minimum Gasteiger partial charge on any atom is -0.383 e. The van der Waals surface area contributed by atoms with Crippen molar-refractivity contribution in [3.8, 4) is 0 Å². The second-order valence-corrected chi connectivity index (χ2v) is 1.66. The zero-order valence-electron chi connectivity index (χ0n) is 4.93. The minimum absolute atomic E-state index is 0.167. The van der Waals surface area contributed by atoms with Crippen molar-refractivity contribution in [2.45, 2.75) is 6.92 Å². The third-order valence-corrected chi connectivity index (χ3v) is 0.827. The highest BCUT2D eigenvalue weighted by molar-refractivity contribution is 5.25. The number of halogens is 1. The molecule has 1 heterocycles. The maximum atomic E-state index is 12.2. The molecule has 0 atom stereocenters. The van der Waals surface area contributed by atoms with Gasteiger partial charge in [-0.3, -0.25) is 0 Å². The molecular weight excluding hydrogens is 121 g/mol.